The molecular weight excluding hydrogens is 228 g/mol. The molecule has 0 heterocycles. The highest BCUT2D eigenvalue weighted by Crippen LogP contribution is 2.16. The normalized spacial score (nSPS) is 13.2. The smallest absolute Gasteiger partial charge is 0.239 e. The van der Waals surface area contributed by atoms with Gasteiger partial charge >= 0.3 is 0 Å². The van der Waals surface area contributed by atoms with Gasteiger partial charge in [0.1, 0.15) is 6.04 Å². The molecule has 0 radical (unpaired) electrons. The first kappa shape index (κ1) is 14.7. The van der Waals surface area contributed by atoms with E-state index in [9.17, 15) is 4.79 Å². The number of aliphatic hydroxyl groups is 1. The number of hydrogen-bond donors (Lipinski definition) is 3. The van der Waals surface area contributed by atoms with Crippen LogP contribution in [0.15, 0.2) is 24.3 Å². The molecule has 1 aromatic rings. The Kier molecular flexibility index (Phi) is 4.87. The zero-order valence-electron chi connectivity index (χ0n) is 11.2. The van der Waals surface area contributed by atoms with Gasteiger partial charge in [0, 0.05) is 5.54 Å². The molecule has 4 heteroatoms. The van der Waals surface area contributed by atoms with Gasteiger partial charge in [-0.05, 0) is 38.3 Å². The van der Waals surface area contributed by atoms with E-state index in [0.717, 1.165) is 6.42 Å². The molecule has 0 bridgehead atoms. The molecule has 1 amide bonds. The maximum absolute atomic E-state index is 11.7. The number of rotatable bonds is 5. The van der Waals surface area contributed by atoms with Crippen LogP contribution >= 0.6 is 0 Å². The molecule has 0 aromatic heterocycles. The summed E-state index contributed by atoms with van der Waals surface area (Å²) in [5.41, 5.74) is 7.49. The molecule has 0 saturated heterocycles. The van der Waals surface area contributed by atoms with Crippen molar-refractivity contribution in [2.75, 3.05) is 6.61 Å². The number of nitrogens with one attached hydrogen (secondary N) is 1. The highest BCUT2D eigenvalue weighted by molar-refractivity contribution is 5.82. The Morgan fingerprint density at radius 1 is 1.44 bits per heavy atom. The highest BCUT2D eigenvalue weighted by Gasteiger charge is 2.24. The molecule has 1 unspecified atom stereocenters. The van der Waals surface area contributed by atoms with Gasteiger partial charge in [-0.3, -0.25) is 4.79 Å². The molecule has 1 rings (SSSR count). The molecule has 0 aliphatic rings. The second-order valence-corrected chi connectivity index (χ2v) is 5.27. The number of carbonyl (C=O) groups excluding carboxylic acids is 1. The lowest BCUT2D eigenvalue weighted by molar-refractivity contribution is -0.124. The summed E-state index contributed by atoms with van der Waals surface area (Å²) >= 11 is 0. The summed E-state index contributed by atoms with van der Waals surface area (Å²) in [5, 5.41) is 11.7. The van der Waals surface area contributed by atoms with Crippen molar-refractivity contribution < 1.29 is 9.90 Å². The Labute approximate surface area is 108 Å². The summed E-state index contributed by atoms with van der Waals surface area (Å²) in [6.07, 6.45) is 0.726. The number of aliphatic hydroxyl groups excluding tert-OH is 1. The van der Waals surface area contributed by atoms with E-state index in [-0.39, 0.29) is 12.5 Å². The predicted octanol–water partition coefficient (Wildman–Crippen LogP) is 0.752. The summed E-state index contributed by atoms with van der Waals surface area (Å²) < 4.78 is 0. The fourth-order valence-corrected chi connectivity index (χ4v) is 1.84. The lowest BCUT2D eigenvalue weighted by Crippen LogP contribution is -2.52. The molecule has 100 valence electrons. The standard InChI is InChI=1S/C14H22N2O2/c1-10-6-4-5-7-11(10)8-14(2,3)16-13(18)12(15)9-17/h4-7,12,17H,8-9,15H2,1-3H3,(H,16,18). The van der Waals surface area contributed by atoms with Gasteiger partial charge in [0.2, 0.25) is 5.91 Å². The quantitative estimate of drug-likeness (QED) is 0.722. The third-order valence-corrected chi connectivity index (χ3v) is 2.89. The average molecular weight is 250 g/mol. The maximum Gasteiger partial charge on any atom is 0.239 e. The first-order chi connectivity index (χ1) is 8.35. The van der Waals surface area contributed by atoms with Crippen LogP contribution in [0.1, 0.15) is 25.0 Å². The minimum atomic E-state index is -0.860. The molecule has 0 spiro atoms. The summed E-state index contributed by atoms with van der Waals surface area (Å²) in [7, 11) is 0. The van der Waals surface area contributed by atoms with E-state index in [4.69, 9.17) is 10.8 Å². The van der Waals surface area contributed by atoms with E-state index in [2.05, 4.69) is 11.4 Å². The monoisotopic (exact) mass is 250 g/mol. The van der Waals surface area contributed by atoms with Crippen LogP contribution in [0.2, 0.25) is 0 Å². The van der Waals surface area contributed by atoms with Gasteiger partial charge in [0.15, 0.2) is 0 Å². The van der Waals surface area contributed by atoms with Crippen molar-refractivity contribution in [3.8, 4) is 0 Å². The first-order valence-corrected chi connectivity index (χ1v) is 6.09. The van der Waals surface area contributed by atoms with Crippen molar-refractivity contribution in [1.82, 2.24) is 5.32 Å². The SMILES string of the molecule is Cc1ccccc1CC(C)(C)NC(=O)C(N)CO. The van der Waals surface area contributed by atoms with Gasteiger partial charge < -0.3 is 16.2 Å². The van der Waals surface area contributed by atoms with Crippen LogP contribution in [-0.2, 0) is 11.2 Å². The lowest BCUT2D eigenvalue weighted by Gasteiger charge is -2.28. The van der Waals surface area contributed by atoms with E-state index in [1.54, 1.807) is 0 Å². The van der Waals surface area contributed by atoms with E-state index in [1.807, 2.05) is 39.0 Å². The molecule has 0 fully saturated rings. The largest absolute Gasteiger partial charge is 0.394 e. The fraction of sp³-hybridized carbons (Fsp3) is 0.500. The third kappa shape index (κ3) is 4.13. The van der Waals surface area contributed by atoms with Gasteiger partial charge in [-0.2, -0.15) is 0 Å². The second kappa shape index (κ2) is 5.98. The van der Waals surface area contributed by atoms with E-state index in [1.165, 1.54) is 11.1 Å². The second-order valence-electron chi connectivity index (χ2n) is 5.27. The van der Waals surface area contributed by atoms with Crippen LogP contribution in [0.4, 0.5) is 0 Å². The number of hydrogen-bond acceptors (Lipinski definition) is 3. The summed E-state index contributed by atoms with van der Waals surface area (Å²) in [4.78, 5) is 11.7. The molecule has 18 heavy (non-hydrogen) atoms. The zero-order chi connectivity index (χ0) is 13.8. The zero-order valence-corrected chi connectivity index (χ0v) is 11.2. The van der Waals surface area contributed by atoms with E-state index in [0.29, 0.717) is 0 Å². The number of aryl methyl sites for hydroxylation is 1. The maximum atomic E-state index is 11.7. The Balaban J connectivity index is 2.70. The Hall–Kier alpha value is -1.39. The van der Waals surface area contributed by atoms with E-state index >= 15 is 0 Å². The summed E-state index contributed by atoms with van der Waals surface area (Å²) in [5.74, 6) is -0.323. The molecule has 1 atom stereocenters. The van der Waals surface area contributed by atoms with Gasteiger partial charge in [-0.1, -0.05) is 24.3 Å². The van der Waals surface area contributed by atoms with Crippen molar-refractivity contribution in [3.63, 3.8) is 0 Å². The lowest BCUT2D eigenvalue weighted by atomic mass is 9.92. The fourth-order valence-electron chi connectivity index (χ4n) is 1.84. The molecule has 0 aliphatic carbocycles. The summed E-state index contributed by atoms with van der Waals surface area (Å²) in [6.45, 7) is 5.60. The minimum absolute atomic E-state index is 0.323. The summed E-state index contributed by atoms with van der Waals surface area (Å²) in [6, 6.07) is 7.22. The Morgan fingerprint density at radius 3 is 2.61 bits per heavy atom. The van der Waals surface area contributed by atoms with Gasteiger partial charge in [0.05, 0.1) is 6.61 Å². The molecular formula is C14H22N2O2. The first-order valence-electron chi connectivity index (χ1n) is 6.09. The van der Waals surface area contributed by atoms with Crippen LogP contribution in [-0.4, -0.2) is 29.2 Å². The minimum Gasteiger partial charge on any atom is -0.394 e. The number of amides is 1. The molecule has 1 aromatic carbocycles. The van der Waals surface area contributed by atoms with Crippen LogP contribution in [0.3, 0.4) is 0 Å². The van der Waals surface area contributed by atoms with Crippen molar-refractivity contribution in [2.24, 2.45) is 5.73 Å². The van der Waals surface area contributed by atoms with Crippen LogP contribution in [0, 0.1) is 6.92 Å². The Bertz CT molecular complexity index is 416. The molecule has 0 aliphatic heterocycles. The van der Waals surface area contributed by atoms with Gasteiger partial charge in [0.25, 0.3) is 0 Å². The van der Waals surface area contributed by atoms with Gasteiger partial charge in [-0.15, -0.1) is 0 Å². The Morgan fingerprint density at radius 2 is 2.06 bits per heavy atom. The predicted molar refractivity (Wildman–Crippen MR) is 72.2 cm³/mol. The number of carbonyl (C=O) groups is 1. The number of nitrogens with two attached hydrogens (primary N) is 1. The van der Waals surface area contributed by atoms with Crippen LogP contribution in [0.5, 0.6) is 0 Å². The molecule has 4 N–H and O–H groups in total. The van der Waals surface area contributed by atoms with Crippen molar-refractivity contribution >= 4 is 5.91 Å². The van der Waals surface area contributed by atoms with Gasteiger partial charge in [-0.25, -0.2) is 0 Å². The highest BCUT2D eigenvalue weighted by atomic mass is 16.3. The number of benzene rings is 1. The van der Waals surface area contributed by atoms with Crippen molar-refractivity contribution in [1.29, 1.82) is 0 Å². The average Bonchev–Trinajstić information content (AvgIpc) is 2.30. The van der Waals surface area contributed by atoms with Crippen molar-refractivity contribution in [2.45, 2.75) is 38.8 Å². The molecule has 4 nitrogen and oxygen atoms in total. The van der Waals surface area contributed by atoms with Crippen molar-refractivity contribution in [3.05, 3.63) is 35.4 Å². The van der Waals surface area contributed by atoms with Crippen LogP contribution in [0.25, 0.3) is 0 Å². The third-order valence-electron chi connectivity index (χ3n) is 2.89. The molecule has 0 saturated carbocycles. The topological polar surface area (TPSA) is 75.4 Å². The van der Waals surface area contributed by atoms with E-state index < -0.39 is 11.6 Å². The van der Waals surface area contributed by atoms with Crippen LogP contribution < -0.4 is 11.1 Å².